The van der Waals surface area contributed by atoms with E-state index < -0.39 is 0 Å². The molecule has 3 aromatic rings. The number of fused-ring (bicyclic) bond motifs is 1. The molecule has 0 bridgehead atoms. The van der Waals surface area contributed by atoms with Gasteiger partial charge in [0.1, 0.15) is 0 Å². The largest absolute Gasteiger partial charge is 0.289 e. The lowest BCUT2D eigenvalue weighted by Gasteiger charge is -2.22. The summed E-state index contributed by atoms with van der Waals surface area (Å²) in [5.74, 6) is -0.113. The third kappa shape index (κ3) is 2.80. The van der Waals surface area contributed by atoms with Gasteiger partial charge in [-0.1, -0.05) is 108 Å². The highest BCUT2D eigenvalue weighted by Gasteiger charge is 2.31. The Balaban J connectivity index is 2.08. The molecule has 0 fully saturated rings. The number of hydrogen-bond acceptors (Lipinski definition) is 1. The van der Waals surface area contributed by atoms with Gasteiger partial charge < -0.3 is 0 Å². The Kier molecular flexibility index (Phi) is 4.50. The van der Waals surface area contributed by atoms with E-state index in [1.54, 1.807) is 6.07 Å². The summed E-state index contributed by atoms with van der Waals surface area (Å²) in [7, 11) is 0. The number of allylic oxidation sites excluding steroid dienone is 2. The second kappa shape index (κ2) is 6.95. The normalized spacial score (nSPS) is 13.6. The van der Waals surface area contributed by atoms with Gasteiger partial charge in [0.2, 0.25) is 0 Å². The zero-order valence-corrected chi connectivity index (χ0v) is 15.3. The number of carbonyl (C=O) groups excluding carboxylic acids is 1. The van der Waals surface area contributed by atoms with Crippen molar-refractivity contribution < 1.29 is 4.79 Å². The number of halogens is 2. The average Bonchev–Trinajstić information content (AvgIpc) is 2.71. The molecule has 0 unspecified atom stereocenters. The minimum atomic E-state index is -0.113. The molecule has 126 valence electrons. The molecule has 0 radical (unpaired) electrons. The van der Waals surface area contributed by atoms with Crippen molar-refractivity contribution in [1.29, 1.82) is 0 Å². The molecule has 0 heterocycles. The predicted octanol–water partition coefficient (Wildman–Crippen LogP) is 6.53. The van der Waals surface area contributed by atoms with Crippen molar-refractivity contribution in [3.05, 3.63) is 118 Å². The van der Waals surface area contributed by atoms with Crippen LogP contribution in [0, 0.1) is 0 Å². The summed E-state index contributed by atoms with van der Waals surface area (Å²) in [5, 5.41) is 0.694. The Morgan fingerprint density at radius 3 is 1.58 bits per heavy atom. The third-order valence-electron chi connectivity index (χ3n) is 4.42. The maximum absolute atomic E-state index is 13.3. The minimum Gasteiger partial charge on any atom is -0.289 e. The second-order valence-electron chi connectivity index (χ2n) is 5.98. The van der Waals surface area contributed by atoms with Gasteiger partial charge in [-0.2, -0.15) is 0 Å². The molecule has 0 atom stereocenters. The van der Waals surface area contributed by atoms with Gasteiger partial charge in [-0.3, -0.25) is 4.79 Å². The number of benzene rings is 3. The van der Waals surface area contributed by atoms with Gasteiger partial charge >= 0.3 is 0 Å². The maximum Gasteiger partial charge on any atom is 0.195 e. The fraction of sp³-hybridized carbons (Fsp3) is 0. The molecule has 0 spiro atoms. The van der Waals surface area contributed by atoms with Gasteiger partial charge in [0.15, 0.2) is 5.78 Å². The SMILES string of the molecule is O=C1C(=C(c2ccccc2)c2ccccc2)C(Cl)=C(Cl)c2ccccc21. The number of Topliss-reactive ketones (excluding diaryl/α,β-unsaturated/α-hetero) is 1. The summed E-state index contributed by atoms with van der Waals surface area (Å²) < 4.78 is 0. The zero-order valence-electron chi connectivity index (χ0n) is 13.7. The number of rotatable bonds is 2. The van der Waals surface area contributed by atoms with Crippen molar-refractivity contribution in [2.45, 2.75) is 0 Å². The average molecular weight is 377 g/mol. The number of ketones is 1. The van der Waals surface area contributed by atoms with Crippen LogP contribution in [0.3, 0.4) is 0 Å². The third-order valence-corrected chi connectivity index (χ3v) is 5.29. The lowest BCUT2D eigenvalue weighted by Crippen LogP contribution is -2.14. The van der Waals surface area contributed by atoms with Gasteiger partial charge in [0.05, 0.1) is 15.6 Å². The van der Waals surface area contributed by atoms with Crippen molar-refractivity contribution in [2.75, 3.05) is 0 Å². The van der Waals surface area contributed by atoms with E-state index in [1.165, 1.54) is 0 Å². The Morgan fingerprint density at radius 1 is 0.577 bits per heavy atom. The molecule has 3 heteroatoms. The van der Waals surface area contributed by atoms with E-state index in [0.717, 1.165) is 16.7 Å². The van der Waals surface area contributed by atoms with Crippen LogP contribution < -0.4 is 0 Å². The van der Waals surface area contributed by atoms with Crippen molar-refractivity contribution >= 4 is 39.6 Å². The Hall–Kier alpha value is -2.61. The molecule has 3 aromatic carbocycles. The lowest BCUT2D eigenvalue weighted by atomic mass is 9.84. The van der Waals surface area contributed by atoms with Crippen LogP contribution in [0.1, 0.15) is 27.0 Å². The van der Waals surface area contributed by atoms with Gasteiger partial charge in [-0.25, -0.2) is 0 Å². The highest BCUT2D eigenvalue weighted by molar-refractivity contribution is 6.59. The first kappa shape index (κ1) is 16.8. The molecule has 4 rings (SSSR count). The van der Waals surface area contributed by atoms with Crippen molar-refractivity contribution in [3.8, 4) is 0 Å². The molecule has 0 aliphatic heterocycles. The van der Waals surface area contributed by atoms with Gasteiger partial charge in [-0.15, -0.1) is 0 Å². The molecule has 1 nitrogen and oxygen atoms in total. The fourth-order valence-electron chi connectivity index (χ4n) is 3.22. The number of carbonyl (C=O) groups is 1. The monoisotopic (exact) mass is 376 g/mol. The van der Waals surface area contributed by atoms with E-state index in [2.05, 4.69) is 0 Å². The lowest BCUT2D eigenvalue weighted by molar-refractivity contribution is 0.103. The van der Waals surface area contributed by atoms with Crippen molar-refractivity contribution in [1.82, 2.24) is 0 Å². The standard InChI is InChI=1S/C23H14Cl2O/c24-21-17-13-7-8-14-18(17)23(26)20(22(21)25)19(15-9-3-1-4-10-15)16-11-5-2-6-12-16/h1-14H. The highest BCUT2D eigenvalue weighted by Crippen LogP contribution is 2.43. The van der Waals surface area contributed by atoms with E-state index in [9.17, 15) is 4.79 Å². The first-order valence-electron chi connectivity index (χ1n) is 8.23. The summed E-state index contributed by atoms with van der Waals surface area (Å²) in [6.45, 7) is 0. The van der Waals surface area contributed by atoms with Gasteiger partial charge in [-0.05, 0) is 11.1 Å². The van der Waals surface area contributed by atoms with Crippen LogP contribution >= 0.6 is 23.2 Å². The molecule has 26 heavy (non-hydrogen) atoms. The van der Waals surface area contributed by atoms with Crippen LogP contribution in [0.25, 0.3) is 10.6 Å². The molecule has 1 aliphatic rings. The molecular weight excluding hydrogens is 363 g/mol. The zero-order chi connectivity index (χ0) is 18.1. The molecule has 0 aromatic heterocycles. The minimum absolute atomic E-state index is 0.113. The molecule has 0 saturated carbocycles. The Labute approximate surface area is 162 Å². The van der Waals surface area contributed by atoms with Gasteiger partial charge in [0.25, 0.3) is 0 Å². The van der Waals surface area contributed by atoms with Gasteiger partial charge in [0, 0.05) is 16.7 Å². The van der Waals surface area contributed by atoms with Crippen LogP contribution in [0.4, 0.5) is 0 Å². The Bertz CT molecular complexity index is 1010. The summed E-state index contributed by atoms with van der Waals surface area (Å²) in [6, 6.07) is 26.8. The van der Waals surface area contributed by atoms with Crippen molar-refractivity contribution in [2.24, 2.45) is 0 Å². The summed E-state index contributed by atoms with van der Waals surface area (Å²) in [6.07, 6.45) is 0. The quantitative estimate of drug-likeness (QED) is 0.464. The maximum atomic E-state index is 13.3. The van der Waals surface area contributed by atoms with E-state index in [0.29, 0.717) is 21.7 Å². The molecule has 0 N–H and O–H groups in total. The highest BCUT2D eigenvalue weighted by atomic mass is 35.5. The van der Waals surface area contributed by atoms with Crippen LogP contribution in [-0.2, 0) is 0 Å². The van der Waals surface area contributed by atoms with E-state index >= 15 is 0 Å². The summed E-state index contributed by atoms with van der Waals surface area (Å²) in [5.41, 5.74) is 4.31. The molecule has 1 aliphatic carbocycles. The van der Waals surface area contributed by atoms with Crippen molar-refractivity contribution in [3.63, 3.8) is 0 Å². The first-order valence-corrected chi connectivity index (χ1v) is 8.99. The molecule has 0 amide bonds. The van der Waals surface area contributed by atoms with Crippen LogP contribution in [0.2, 0.25) is 0 Å². The fourth-order valence-corrected chi connectivity index (χ4v) is 3.76. The summed E-state index contributed by atoms with van der Waals surface area (Å²) >= 11 is 13.2. The van der Waals surface area contributed by atoms with E-state index in [-0.39, 0.29) is 10.8 Å². The predicted molar refractivity (Wildman–Crippen MR) is 108 cm³/mol. The summed E-state index contributed by atoms with van der Waals surface area (Å²) in [4.78, 5) is 13.3. The topological polar surface area (TPSA) is 17.1 Å². The number of hydrogen-bond donors (Lipinski definition) is 0. The smallest absolute Gasteiger partial charge is 0.195 e. The second-order valence-corrected chi connectivity index (χ2v) is 6.74. The van der Waals surface area contributed by atoms with E-state index in [4.69, 9.17) is 23.2 Å². The first-order chi connectivity index (χ1) is 12.7. The molecule has 0 saturated heterocycles. The van der Waals surface area contributed by atoms with Crippen LogP contribution in [-0.4, -0.2) is 5.78 Å². The van der Waals surface area contributed by atoms with Crippen LogP contribution in [0.5, 0.6) is 0 Å². The van der Waals surface area contributed by atoms with Crippen LogP contribution in [0.15, 0.2) is 95.5 Å². The molecular formula is C23H14Cl2O. The Morgan fingerprint density at radius 2 is 1.04 bits per heavy atom. The van der Waals surface area contributed by atoms with E-state index in [1.807, 2.05) is 78.9 Å².